The van der Waals surface area contributed by atoms with E-state index in [2.05, 4.69) is 19.1 Å². The second-order valence-corrected chi connectivity index (χ2v) is 3.85. The summed E-state index contributed by atoms with van der Waals surface area (Å²) in [5.74, 6) is 0. The van der Waals surface area contributed by atoms with Gasteiger partial charge in [-0.15, -0.1) is 0 Å². The van der Waals surface area contributed by atoms with Gasteiger partial charge in [0.15, 0.2) is 5.09 Å². The number of aryl methyl sites for hydroxylation is 1. The lowest BCUT2D eigenvalue weighted by Crippen LogP contribution is -1.76. The Kier molecular flexibility index (Phi) is 2.41. The lowest BCUT2D eigenvalue weighted by atomic mass is 10.2. The minimum absolute atomic E-state index is 0.939. The molecule has 0 aliphatic carbocycles. The number of hydrogen-bond donors (Lipinski definition) is 0. The van der Waals surface area contributed by atoms with E-state index in [1.54, 1.807) is 18.0 Å². The molecule has 0 atom stereocenters. The van der Waals surface area contributed by atoms with Crippen LogP contribution in [0.15, 0.2) is 57.1 Å². The zero-order valence-electron chi connectivity index (χ0n) is 7.36. The highest BCUT2D eigenvalue weighted by atomic mass is 32.2. The molecule has 0 N–H and O–H groups in total. The molecule has 0 amide bonds. The highest BCUT2D eigenvalue weighted by molar-refractivity contribution is 7.99. The summed E-state index contributed by atoms with van der Waals surface area (Å²) in [5, 5.41) is 0.939. The second kappa shape index (κ2) is 3.71. The zero-order chi connectivity index (χ0) is 9.10. The topological polar surface area (TPSA) is 13.1 Å². The van der Waals surface area contributed by atoms with E-state index in [1.165, 1.54) is 10.5 Å². The summed E-state index contributed by atoms with van der Waals surface area (Å²) in [5.41, 5.74) is 1.28. The van der Waals surface area contributed by atoms with Gasteiger partial charge in [-0.25, -0.2) is 0 Å². The summed E-state index contributed by atoms with van der Waals surface area (Å²) in [6.07, 6.45) is 1.70. The molecule has 0 bridgehead atoms. The van der Waals surface area contributed by atoms with Gasteiger partial charge in [-0.1, -0.05) is 30.0 Å². The van der Waals surface area contributed by atoms with E-state index < -0.39 is 0 Å². The molecule has 0 fully saturated rings. The molecule has 2 rings (SSSR count). The third kappa shape index (κ3) is 1.95. The van der Waals surface area contributed by atoms with Gasteiger partial charge in [-0.05, 0) is 30.7 Å². The average molecular weight is 190 g/mol. The van der Waals surface area contributed by atoms with Crippen LogP contribution in [0.2, 0.25) is 0 Å². The van der Waals surface area contributed by atoms with Crippen molar-refractivity contribution in [2.24, 2.45) is 0 Å². The molecule has 1 aromatic carbocycles. The fourth-order valence-electron chi connectivity index (χ4n) is 1.10. The predicted molar refractivity (Wildman–Crippen MR) is 54.0 cm³/mol. The normalized spacial score (nSPS) is 10.2. The molecule has 0 saturated heterocycles. The Balaban J connectivity index is 2.24. The van der Waals surface area contributed by atoms with Crippen molar-refractivity contribution in [3.05, 3.63) is 48.2 Å². The largest absolute Gasteiger partial charge is 0.458 e. The molecule has 1 nitrogen and oxygen atoms in total. The third-order valence-electron chi connectivity index (χ3n) is 1.80. The summed E-state index contributed by atoms with van der Waals surface area (Å²) < 4.78 is 5.26. The lowest BCUT2D eigenvalue weighted by molar-refractivity contribution is 0.474. The molecule has 0 aliphatic heterocycles. The molecule has 0 radical (unpaired) electrons. The molecule has 66 valence electrons. The Hall–Kier alpha value is -1.15. The van der Waals surface area contributed by atoms with Crippen LogP contribution < -0.4 is 0 Å². The van der Waals surface area contributed by atoms with Crippen molar-refractivity contribution in [3.8, 4) is 0 Å². The van der Waals surface area contributed by atoms with Crippen LogP contribution in [0.3, 0.4) is 0 Å². The maximum atomic E-state index is 5.26. The quantitative estimate of drug-likeness (QED) is 0.715. The fourth-order valence-corrected chi connectivity index (χ4v) is 1.94. The highest BCUT2D eigenvalue weighted by Crippen LogP contribution is 2.29. The van der Waals surface area contributed by atoms with E-state index in [4.69, 9.17) is 4.42 Å². The number of furan rings is 1. The maximum absolute atomic E-state index is 5.26. The van der Waals surface area contributed by atoms with Crippen LogP contribution in [0.5, 0.6) is 0 Å². The van der Waals surface area contributed by atoms with Gasteiger partial charge in [-0.3, -0.25) is 0 Å². The van der Waals surface area contributed by atoms with Crippen molar-refractivity contribution in [2.45, 2.75) is 16.9 Å². The van der Waals surface area contributed by atoms with Gasteiger partial charge in [0.25, 0.3) is 0 Å². The van der Waals surface area contributed by atoms with Gasteiger partial charge < -0.3 is 4.42 Å². The third-order valence-corrected chi connectivity index (χ3v) is 2.91. The van der Waals surface area contributed by atoms with Crippen molar-refractivity contribution in [1.29, 1.82) is 0 Å². The van der Waals surface area contributed by atoms with Gasteiger partial charge >= 0.3 is 0 Å². The summed E-state index contributed by atoms with van der Waals surface area (Å²) in [7, 11) is 0. The van der Waals surface area contributed by atoms with E-state index in [1.807, 2.05) is 24.3 Å². The van der Waals surface area contributed by atoms with Crippen LogP contribution in [0.4, 0.5) is 0 Å². The van der Waals surface area contributed by atoms with Gasteiger partial charge in [0, 0.05) is 4.90 Å². The maximum Gasteiger partial charge on any atom is 0.164 e. The van der Waals surface area contributed by atoms with Gasteiger partial charge in [0.1, 0.15) is 0 Å². The molecule has 1 aromatic heterocycles. The molecular weight excluding hydrogens is 180 g/mol. The molecule has 0 unspecified atom stereocenters. The molecule has 0 saturated carbocycles. The average Bonchev–Trinajstić information content (AvgIpc) is 2.61. The van der Waals surface area contributed by atoms with Gasteiger partial charge in [0.2, 0.25) is 0 Å². The predicted octanol–water partition coefficient (Wildman–Crippen LogP) is 3.74. The fraction of sp³-hybridized carbons (Fsp3) is 0.0909. The Labute approximate surface area is 81.8 Å². The molecular formula is C11H10OS. The first kappa shape index (κ1) is 8.45. The number of hydrogen-bond acceptors (Lipinski definition) is 2. The zero-order valence-corrected chi connectivity index (χ0v) is 8.17. The summed E-state index contributed by atoms with van der Waals surface area (Å²) in [4.78, 5) is 1.25. The Morgan fingerprint density at radius 3 is 2.62 bits per heavy atom. The minimum Gasteiger partial charge on any atom is -0.458 e. The molecule has 2 heteroatoms. The van der Waals surface area contributed by atoms with Gasteiger partial charge in [-0.2, -0.15) is 0 Å². The SMILES string of the molecule is Cc1ccccc1Sc1ccco1. The first-order chi connectivity index (χ1) is 6.36. The van der Waals surface area contributed by atoms with Crippen molar-refractivity contribution < 1.29 is 4.42 Å². The van der Waals surface area contributed by atoms with E-state index in [9.17, 15) is 0 Å². The standard InChI is InChI=1S/C11H10OS/c1-9-5-2-3-6-10(9)13-11-7-4-8-12-11/h2-8H,1H3. The summed E-state index contributed by atoms with van der Waals surface area (Å²) in [6.45, 7) is 2.10. The summed E-state index contributed by atoms with van der Waals surface area (Å²) >= 11 is 1.65. The van der Waals surface area contributed by atoms with Crippen LogP contribution in [0.1, 0.15) is 5.56 Å². The van der Waals surface area contributed by atoms with Crippen molar-refractivity contribution >= 4 is 11.8 Å². The van der Waals surface area contributed by atoms with E-state index in [0.717, 1.165) is 5.09 Å². The lowest BCUT2D eigenvalue weighted by Gasteiger charge is -2.01. The molecule has 13 heavy (non-hydrogen) atoms. The van der Waals surface area contributed by atoms with Crippen molar-refractivity contribution in [1.82, 2.24) is 0 Å². The molecule has 0 aliphatic rings. The Morgan fingerprint density at radius 1 is 1.08 bits per heavy atom. The number of benzene rings is 1. The highest BCUT2D eigenvalue weighted by Gasteiger charge is 2.01. The Bertz CT molecular complexity index is 379. The van der Waals surface area contributed by atoms with Crippen LogP contribution in [0.25, 0.3) is 0 Å². The Morgan fingerprint density at radius 2 is 1.92 bits per heavy atom. The van der Waals surface area contributed by atoms with Crippen LogP contribution in [0, 0.1) is 6.92 Å². The van der Waals surface area contributed by atoms with E-state index in [-0.39, 0.29) is 0 Å². The minimum atomic E-state index is 0.939. The van der Waals surface area contributed by atoms with Crippen LogP contribution >= 0.6 is 11.8 Å². The van der Waals surface area contributed by atoms with Crippen molar-refractivity contribution in [2.75, 3.05) is 0 Å². The molecule has 0 spiro atoms. The van der Waals surface area contributed by atoms with Crippen LogP contribution in [-0.2, 0) is 0 Å². The molecule has 2 aromatic rings. The monoisotopic (exact) mass is 190 g/mol. The van der Waals surface area contributed by atoms with Crippen LogP contribution in [-0.4, -0.2) is 0 Å². The summed E-state index contributed by atoms with van der Waals surface area (Å²) in [6, 6.07) is 12.2. The van der Waals surface area contributed by atoms with E-state index in [0.29, 0.717) is 0 Å². The smallest absolute Gasteiger partial charge is 0.164 e. The number of rotatable bonds is 2. The van der Waals surface area contributed by atoms with Gasteiger partial charge in [0.05, 0.1) is 6.26 Å². The first-order valence-corrected chi connectivity index (χ1v) is 4.95. The van der Waals surface area contributed by atoms with Crippen molar-refractivity contribution in [3.63, 3.8) is 0 Å². The molecule has 1 heterocycles. The van der Waals surface area contributed by atoms with E-state index >= 15 is 0 Å². The second-order valence-electron chi connectivity index (χ2n) is 2.80. The first-order valence-electron chi connectivity index (χ1n) is 4.13.